The molecule has 0 spiro atoms. The van der Waals surface area contributed by atoms with Gasteiger partial charge in [0.1, 0.15) is 0 Å². The van der Waals surface area contributed by atoms with Gasteiger partial charge in [-0.05, 0) is 70.5 Å². The fourth-order valence-electron chi connectivity index (χ4n) is 4.04. The van der Waals surface area contributed by atoms with E-state index in [1.807, 2.05) is 23.1 Å². The smallest absolute Gasteiger partial charge is 0.254 e. The maximum atomic E-state index is 13.4. The second-order valence-electron chi connectivity index (χ2n) is 10.2. The summed E-state index contributed by atoms with van der Waals surface area (Å²) in [6.45, 7) is 11.2. The van der Waals surface area contributed by atoms with E-state index in [1.54, 1.807) is 32.9 Å². The number of likely N-dealkylation sites (N-methyl/N-ethyl adjacent to an activating group) is 1. The monoisotopic (exact) mass is 486 g/mol. The van der Waals surface area contributed by atoms with Gasteiger partial charge in [0.2, 0.25) is 10.0 Å². The van der Waals surface area contributed by atoms with Crippen molar-refractivity contribution < 1.29 is 13.2 Å². The van der Waals surface area contributed by atoms with Crippen LogP contribution in [0.5, 0.6) is 0 Å². The van der Waals surface area contributed by atoms with Crippen molar-refractivity contribution in [1.82, 2.24) is 14.5 Å². The molecule has 1 aliphatic rings. The van der Waals surface area contributed by atoms with Crippen molar-refractivity contribution in [3.05, 3.63) is 59.7 Å². The summed E-state index contributed by atoms with van der Waals surface area (Å²) in [6.07, 6.45) is 0.894. The van der Waals surface area contributed by atoms with Gasteiger partial charge in [-0.2, -0.15) is 0 Å². The van der Waals surface area contributed by atoms with Gasteiger partial charge < -0.3 is 15.1 Å². The maximum absolute atomic E-state index is 13.4. The van der Waals surface area contributed by atoms with Crippen molar-refractivity contribution in [3.63, 3.8) is 0 Å². The van der Waals surface area contributed by atoms with Crippen LogP contribution in [-0.2, 0) is 10.0 Å². The molecule has 1 saturated heterocycles. The largest absolute Gasteiger partial charge is 0.384 e. The minimum atomic E-state index is -3.80. The highest BCUT2D eigenvalue weighted by Crippen LogP contribution is 2.24. The van der Waals surface area contributed by atoms with Gasteiger partial charge in [-0.1, -0.05) is 37.3 Å². The molecule has 2 N–H and O–H groups in total. The van der Waals surface area contributed by atoms with Crippen LogP contribution in [0, 0.1) is 0 Å². The fraction of sp³-hybridized carbons (Fsp3) is 0.500. The summed E-state index contributed by atoms with van der Waals surface area (Å²) in [4.78, 5) is 17.5. The van der Waals surface area contributed by atoms with E-state index >= 15 is 0 Å². The summed E-state index contributed by atoms with van der Waals surface area (Å²) < 4.78 is 29.0. The number of hydrogen-bond donors (Lipinski definition) is 2. The Morgan fingerprint density at radius 1 is 1.03 bits per heavy atom. The van der Waals surface area contributed by atoms with Crippen molar-refractivity contribution in [2.24, 2.45) is 0 Å². The molecule has 0 radical (unpaired) electrons. The fourth-order valence-corrected chi connectivity index (χ4v) is 5.53. The molecule has 186 valence electrons. The van der Waals surface area contributed by atoms with Gasteiger partial charge in [-0.15, -0.1) is 0 Å². The lowest BCUT2D eigenvalue weighted by atomic mass is 10.0. The first-order chi connectivity index (χ1) is 15.9. The maximum Gasteiger partial charge on any atom is 0.254 e. The number of carbonyl (C=O) groups excluding carboxylic acids is 1. The molecule has 0 aliphatic carbocycles. The van der Waals surface area contributed by atoms with E-state index in [1.165, 1.54) is 11.6 Å². The van der Waals surface area contributed by atoms with Crippen molar-refractivity contribution >= 4 is 21.6 Å². The van der Waals surface area contributed by atoms with Gasteiger partial charge in [-0.25, -0.2) is 13.1 Å². The molecule has 1 amide bonds. The van der Waals surface area contributed by atoms with Crippen LogP contribution in [-0.4, -0.2) is 69.4 Å². The van der Waals surface area contributed by atoms with E-state index in [-0.39, 0.29) is 16.7 Å². The first kappa shape index (κ1) is 26.2. The molecule has 0 saturated carbocycles. The molecule has 8 heteroatoms. The molecule has 0 bridgehead atoms. The Bertz CT molecular complexity index is 1080. The number of benzene rings is 2. The number of sulfonamides is 1. The molecule has 7 nitrogen and oxygen atoms in total. The van der Waals surface area contributed by atoms with E-state index in [9.17, 15) is 13.2 Å². The zero-order valence-electron chi connectivity index (χ0n) is 21.0. The van der Waals surface area contributed by atoms with E-state index in [0.29, 0.717) is 30.9 Å². The molecule has 3 rings (SSSR count). The molecule has 1 fully saturated rings. The Morgan fingerprint density at radius 2 is 1.74 bits per heavy atom. The Balaban J connectivity index is 1.90. The highest BCUT2D eigenvalue weighted by Gasteiger charge is 2.26. The van der Waals surface area contributed by atoms with E-state index in [0.717, 1.165) is 19.5 Å². The molecule has 0 unspecified atom stereocenters. The normalized spacial score (nSPS) is 16.7. The minimum absolute atomic E-state index is 0.0927. The third kappa shape index (κ3) is 7.29. The predicted molar refractivity (Wildman–Crippen MR) is 138 cm³/mol. The minimum Gasteiger partial charge on any atom is -0.384 e. The lowest BCUT2D eigenvalue weighted by molar-refractivity contribution is 0.0762. The second kappa shape index (κ2) is 10.9. The molecule has 0 aromatic heterocycles. The van der Waals surface area contributed by atoms with Crippen molar-refractivity contribution in [2.75, 3.05) is 45.1 Å². The van der Waals surface area contributed by atoms with Crippen LogP contribution < -0.4 is 10.0 Å². The molecule has 2 aromatic carbocycles. The Morgan fingerprint density at radius 3 is 2.41 bits per heavy atom. The zero-order chi connectivity index (χ0) is 24.9. The van der Waals surface area contributed by atoms with Crippen LogP contribution in [0.15, 0.2) is 53.4 Å². The number of carbonyl (C=O) groups is 1. The quantitative estimate of drug-likeness (QED) is 0.623. The zero-order valence-corrected chi connectivity index (χ0v) is 21.8. The van der Waals surface area contributed by atoms with Crippen LogP contribution in [0.3, 0.4) is 0 Å². The van der Waals surface area contributed by atoms with Crippen LogP contribution >= 0.6 is 0 Å². The van der Waals surface area contributed by atoms with Gasteiger partial charge in [0, 0.05) is 43.0 Å². The lowest BCUT2D eigenvalue weighted by Crippen LogP contribution is -2.40. The van der Waals surface area contributed by atoms with Gasteiger partial charge in [0.15, 0.2) is 0 Å². The number of amides is 1. The van der Waals surface area contributed by atoms with Gasteiger partial charge >= 0.3 is 0 Å². The predicted octanol–water partition coefficient (Wildman–Crippen LogP) is 3.76. The van der Waals surface area contributed by atoms with E-state index in [4.69, 9.17) is 0 Å². The topological polar surface area (TPSA) is 81.8 Å². The highest BCUT2D eigenvalue weighted by molar-refractivity contribution is 7.89. The molecule has 2 aromatic rings. The summed E-state index contributed by atoms with van der Waals surface area (Å²) in [6, 6.07) is 15.0. The Kier molecular flexibility index (Phi) is 8.38. The third-order valence-electron chi connectivity index (χ3n) is 5.89. The summed E-state index contributed by atoms with van der Waals surface area (Å²) in [5.41, 5.74) is 1.56. The van der Waals surface area contributed by atoms with Gasteiger partial charge in [-0.3, -0.25) is 4.79 Å². The molecule has 1 heterocycles. The number of anilines is 1. The van der Waals surface area contributed by atoms with Crippen LogP contribution in [0.2, 0.25) is 0 Å². The second-order valence-corrected chi connectivity index (χ2v) is 11.9. The number of nitrogens with one attached hydrogen (secondary N) is 2. The van der Waals surface area contributed by atoms with E-state index < -0.39 is 15.6 Å². The molecule has 1 aliphatic heterocycles. The molecule has 34 heavy (non-hydrogen) atoms. The SMILES string of the molecule is C[C@@H](CNc1cc(C(=O)N2CCCN(C)CC2)cc(S(=O)(=O)NC(C)(C)C)c1)c1ccccc1. The van der Waals surface area contributed by atoms with Gasteiger partial charge in [0.25, 0.3) is 5.91 Å². The summed E-state index contributed by atoms with van der Waals surface area (Å²) in [5.74, 6) is 0.0803. The van der Waals surface area contributed by atoms with Crippen molar-refractivity contribution in [2.45, 2.75) is 50.5 Å². The van der Waals surface area contributed by atoms with Crippen molar-refractivity contribution in [1.29, 1.82) is 0 Å². The lowest BCUT2D eigenvalue weighted by Gasteiger charge is -2.23. The van der Waals surface area contributed by atoms with E-state index in [2.05, 4.69) is 41.0 Å². The van der Waals surface area contributed by atoms with Crippen molar-refractivity contribution in [3.8, 4) is 0 Å². The van der Waals surface area contributed by atoms with Gasteiger partial charge in [0.05, 0.1) is 4.90 Å². The Hall–Kier alpha value is -2.42. The molecule has 1 atom stereocenters. The molecular formula is C26H38N4O3S. The average Bonchev–Trinajstić information content (AvgIpc) is 3.00. The number of nitrogens with zero attached hydrogens (tertiary/aromatic N) is 2. The van der Waals surface area contributed by atoms with Crippen LogP contribution in [0.4, 0.5) is 5.69 Å². The average molecular weight is 487 g/mol. The standard InChI is InChI=1S/C26H38N4O3S/c1-20(21-10-7-6-8-11-21)19-27-23-16-22(25(31)30-13-9-12-29(5)14-15-30)17-24(18-23)34(32,33)28-26(2,3)4/h6-8,10-11,16-18,20,27-28H,9,12-15,19H2,1-5H3/t20-/m0/s1. The third-order valence-corrected chi connectivity index (χ3v) is 7.63. The number of rotatable bonds is 7. The Labute approximate surface area is 204 Å². The summed E-state index contributed by atoms with van der Waals surface area (Å²) >= 11 is 0. The highest BCUT2D eigenvalue weighted by atomic mass is 32.2. The molecular weight excluding hydrogens is 448 g/mol. The number of hydrogen-bond acceptors (Lipinski definition) is 5. The first-order valence-electron chi connectivity index (χ1n) is 11.9. The van der Waals surface area contributed by atoms with Crippen LogP contribution in [0.1, 0.15) is 56.0 Å². The van der Waals surface area contributed by atoms with Crippen LogP contribution in [0.25, 0.3) is 0 Å². The summed E-state index contributed by atoms with van der Waals surface area (Å²) in [7, 11) is -1.75. The first-order valence-corrected chi connectivity index (χ1v) is 13.4. The summed E-state index contributed by atoms with van der Waals surface area (Å²) in [5, 5.41) is 3.36.